The number of aromatic nitrogens is 2. The highest BCUT2D eigenvalue weighted by molar-refractivity contribution is 7.86. The summed E-state index contributed by atoms with van der Waals surface area (Å²) >= 11 is 0. The number of ketones is 1. The Morgan fingerprint density at radius 3 is 2.73 bits per heavy atom. The second-order valence-corrected chi connectivity index (χ2v) is 8.60. The lowest BCUT2D eigenvalue weighted by Crippen LogP contribution is -2.41. The maximum absolute atomic E-state index is 12.9. The van der Waals surface area contributed by atoms with Gasteiger partial charge >= 0.3 is 0 Å². The molecule has 3 heterocycles. The van der Waals surface area contributed by atoms with Crippen molar-refractivity contribution in [3.63, 3.8) is 0 Å². The third-order valence-corrected chi connectivity index (χ3v) is 7.25. The molecule has 2 unspecified atom stereocenters. The number of carbonyl (C=O) groups is 1. The monoisotopic (exact) mass is 316 g/mol. The molecular weight excluding hydrogens is 296 g/mol. The lowest BCUT2D eigenvalue weighted by atomic mass is 9.84. The molecule has 4 nitrogen and oxygen atoms in total. The normalized spacial score (nSPS) is 31.3. The van der Waals surface area contributed by atoms with Gasteiger partial charge in [-0.2, -0.15) is 5.10 Å². The number of benzene rings is 1. The molecule has 1 aromatic heterocycles. The Labute approximate surface area is 132 Å². The first-order valence-electron chi connectivity index (χ1n) is 7.99. The van der Waals surface area contributed by atoms with Crippen LogP contribution in [0, 0.1) is 5.92 Å². The molecule has 2 aliphatic rings. The Morgan fingerprint density at radius 1 is 1.27 bits per heavy atom. The van der Waals surface area contributed by atoms with Gasteiger partial charge in [0, 0.05) is 51.4 Å². The van der Waals surface area contributed by atoms with E-state index in [1.807, 2.05) is 31.4 Å². The van der Waals surface area contributed by atoms with E-state index in [9.17, 15) is 9.00 Å². The molecule has 0 aliphatic carbocycles. The minimum atomic E-state index is -0.716. The SMILES string of the molecule is Cn1cc2ccc(C(=O)C3CC4CCCC(C3)S4=O)cc2n1. The molecule has 2 bridgehead atoms. The maximum Gasteiger partial charge on any atom is 0.166 e. The molecule has 0 N–H and O–H groups in total. The van der Waals surface area contributed by atoms with E-state index in [0.717, 1.165) is 42.1 Å². The van der Waals surface area contributed by atoms with E-state index in [0.29, 0.717) is 0 Å². The van der Waals surface area contributed by atoms with Crippen LogP contribution < -0.4 is 0 Å². The Balaban J connectivity index is 1.61. The van der Waals surface area contributed by atoms with Gasteiger partial charge in [-0.3, -0.25) is 13.7 Å². The standard InChI is InChI=1S/C17H20N2O2S/c1-19-10-12-6-5-11(9-16(12)18-19)17(20)13-7-14-3-2-4-15(8-13)22(14)21/h5-6,9-10,13-15H,2-4,7-8H2,1H3. The van der Waals surface area contributed by atoms with Crippen molar-refractivity contribution in [2.24, 2.45) is 13.0 Å². The summed E-state index contributed by atoms with van der Waals surface area (Å²) in [5.41, 5.74) is 1.62. The van der Waals surface area contributed by atoms with Crippen molar-refractivity contribution < 1.29 is 9.00 Å². The molecule has 0 amide bonds. The maximum atomic E-state index is 12.9. The van der Waals surface area contributed by atoms with Gasteiger partial charge in [0.05, 0.1) is 5.52 Å². The van der Waals surface area contributed by atoms with Crippen LogP contribution >= 0.6 is 0 Å². The highest BCUT2D eigenvalue weighted by Gasteiger charge is 2.40. The highest BCUT2D eigenvalue weighted by atomic mass is 32.2. The molecule has 2 aliphatic heterocycles. The fraction of sp³-hybridized carbons (Fsp3) is 0.529. The number of carbonyl (C=O) groups excluding carboxylic acids is 1. The fourth-order valence-electron chi connectivity index (χ4n) is 3.98. The van der Waals surface area contributed by atoms with Crippen molar-refractivity contribution in [3.8, 4) is 0 Å². The summed E-state index contributed by atoms with van der Waals surface area (Å²) in [5.74, 6) is 0.246. The van der Waals surface area contributed by atoms with Crippen LogP contribution in [-0.4, -0.2) is 30.3 Å². The molecule has 22 heavy (non-hydrogen) atoms. The van der Waals surface area contributed by atoms with E-state index in [4.69, 9.17) is 0 Å². The third-order valence-electron chi connectivity index (χ3n) is 5.08. The van der Waals surface area contributed by atoms with Gasteiger partial charge in [-0.05, 0) is 31.7 Å². The van der Waals surface area contributed by atoms with Gasteiger partial charge in [-0.1, -0.05) is 18.6 Å². The molecule has 2 atom stereocenters. The summed E-state index contributed by atoms with van der Waals surface area (Å²) in [6.07, 6.45) is 6.75. The number of rotatable bonds is 2. The van der Waals surface area contributed by atoms with Crippen molar-refractivity contribution >= 4 is 27.5 Å². The number of aryl methyl sites for hydroxylation is 1. The average molecular weight is 316 g/mol. The first-order valence-corrected chi connectivity index (χ1v) is 9.26. The Hall–Kier alpha value is -1.49. The molecular formula is C17H20N2O2S. The molecule has 0 spiro atoms. The van der Waals surface area contributed by atoms with Crippen LogP contribution in [0.25, 0.3) is 10.9 Å². The van der Waals surface area contributed by atoms with E-state index in [1.165, 1.54) is 6.42 Å². The van der Waals surface area contributed by atoms with Crippen molar-refractivity contribution in [2.75, 3.05) is 0 Å². The quantitative estimate of drug-likeness (QED) is 0.801. The Bertz CT molecular complexity index is 751. The molecule has 1 aromatic carbocycles. The van der Waals surface area contributed by atoms with Crippen LogP contribution in [0.15, 0.2) is 24.4 Å². The number of fused-ring (bicyclic) bond motifs is 3. The van der Waals surface area contributed by atoms with Crippen LogP contribution in [0.2, 0.25) is 0 Å². The van der Waals surface area contributed by atoms with Crippen LogP contribution in [0.4, 0.5) is 0 Å². The van der Waals surface area contributed by atoms with Crippen LogP contribution in [-0.2, 0) is 17.8 Å². The molecule has 0 saturated carbocycles. The van der Waals surface area contributed by atoms with E-state index in [-0.39, 0.29) is 22.2 Å². The molecule has 2 fully saturated rings. The molecule has 5 heteroatoms. The number of Topliss-reactive ketones (excluding diaryl/α,β-unsaturated/α-hetero) is 1. The van der Waals surface area contributed by atoms with Crippen molar-refractivity contribution in [3.05, 3.63) is 30.0 Å². The minimum absolute atomic E-state index is 0.0363. The van der Waals surface area contributed by atoms with Crippen LogP contribution in [0.3, 0.4) is 0 Å². The number of hydrogen-bond acceptors (Lipinski definition) is 3. The van der Waals surface area contributed by atoms with Gasteiger partial charge in [-0.25, -0.2) is 0 Å². The average Bonchev–Trinajstić information content (AvgIpc) is 2.85. The Kier molecular flexibility index (Phi) is 3.40. The minimum Gasteiger partial charge on any atom is -0.294 e. The zero-order valence-corrected chi connectivity index (χ0v) is 13.5. The molecule has 0 radical (unpaired) electrons. The second kappa shape index (κ2) is 5.30. The zero-order valence-electron chi connectivity index (χ0n) is 12.7. The van der Waals surface area contributed by atoms with Crippen LogP contribution in [0.1, 0.15) is 42.5 Å². The summed E-state index contributed by atoms with van der Waals surface area (Å²) in [7, 11) is 1.17. The summed E-state index contributed by atoms with van der Waals surface area (Å²) in [6.45, 7) is 0. The third kappa shape index (κ3) is 2.32. The number of hydrogen-bond donors (Lipinski definition) is 0. The van der Waals surface area contributed by atoms with Gasteiger partial charge in [0.15, 0.2) is 5.78 Å². The smallest absolute Gasteiger partial charge is 0.166 e. The van der Waals surface area contributed by atoms with Gasteiger partial charge in [0.2, 0.25) is 0 Å². The van der Waals surface area contributed by atoms with E-state index in [2.05, 4.69) is 5.10 Å². The Morgan fingerprint density at radius 2 is 2.00 bits per heavy atom. The lowest BCUT2D eigenvalue weighted by Gasteiger charge is -2.37. The summed E-state index contributed by atoms with van der Waals surface area (Å²) < 4.78 is 14.0. The lowest BCUT2D eigenvalue weighted by molar-refractivity contribution is 0.0895. The summed E-state index contributed by atoms with van der Waals surface area (Å²) in [5, 5.41) is 5.91. The number of nitrogens with zero attached hydrogens (tertiary/aromatic N) is 2. The summed E-state index contributed by atoms with van der Waals surface area (Å²) in [6, 6.07) is 5.78. The zero-order chi connectivity index (χ0) is 15.3. The van der Waals surface area contributed by atoms with E-state index >= 15 is 0 Å². The topological polar surface area (TPSA) is 52.0 Å². The van der Waals surface area contributed by atoms with Crippen molar-refractivity contribution in [1.29, 1.82) is 0 Å². The first kappa shape index (κ1) is 14.1. The van der Waals surface area contributed by atoms with E-state index < -0.39 is 10.8 Å². The summed E-state index contributed by atoms with van der Waals surface area (Å²) in [4.78, 5) is 12.9. The van der Waals surface area contributed by atoms with E-state index in [1.54, 1.807) is 4.68 Å². The van der Waals surface area contributed by atoms with Crippen LogP contribution in [0.5, 0.6) is 0 Å². The predicted octanol–water partition coefficient (Wildman–Crippen LogP) is 2.84. The van der Waals surface area contributed by atoms with Gasteiger partial charge in [-0.15, -0.1) is 0 Å². The molecule has 4 rings (SSSR count). The highest BCUT2D eigenvalue weighted by Crippen LogP contribution is 2.38. The molecule has 2 aromatic rings. The molecule has 2 saturated heterocycles. The molecule has 116 valence electrons. The van der Waals surface area contributed by atoms with Gasteiger partial charge in [0.25, 0.3) is 0 Å². The van der Waals surface area contributed by atoms with Crippen molar-refractivity contribution in [1.82, 2.24) is 9.78 Å². The largest absolute Gasteiger partial charge is 0.294 e. The predicted molar refractivity (Wildman–Crippen MR) is 87.3 cm³/mol. The van der Waals surface area contributed by atoms with Crippen molar-refractivity contribution in [2.45, 2.75) is 42.6 Å². The first-order chi connectivity index (χ1) is 10.6. The van der Waals surface area contributed by atoms with Gasteiger partial charge < -0.3 is 0 Å². The van der Waals surface area contributed by atoms with Gasteiger partial charge in [0.1, 0.15) is 0 Å². The second-order valence-electron chi connectivity index (χ2n) is 6.61. The fourth-order valence-corrected chi connectivity index (χ4v) is 6.16.